The molecule has 3 aromatic rings. The molecule has 0 aliphatic heterocycles. The zero-order chi connectivity index (χ0) is 16.2. The molecule has 0 saturated heterocycles. The van der Waals surface area contributed by atoms with Crippen LogP contribution in [-0.4, -0.2) is 15.9 Å². The van der Waals surface area contributed by atoms with Crippen LogP contribution >= 0.6 is 0 Å². The lowest BCUT2D eigenvalue weighted by atomic mass is 9.84. The Bertz CT molecular complexity index is 774. The summed E-state index contributed by atoms with van der Waals surface area (Å²) in [5.41, 5.74) is 2.98. The molecule has 114 valence electrons. The van der Waals surface area contributed by atoms with Crippen molar-refractivity contribution in [1.29, 1.82) is 5.41 Å². The number of nitrogens with one attached hydrogen (secondary N) is 1. The van der Waals surface area contributed by atoms with Crippen LogP contribution in [0, 0.1) is 5.41 Å². The van der Waals surface area contributed by atoms with E-state index >= 15 is 0 Å². The number of hydrogen-bond acceptors (Lipinski definition) is 3. The van der Waals surface area contributed by atoms with Gasteiger partial charge in [0.05, 0.1) is 11.6 Å². The second kappa shape index (κ2) is 6.36. The van der Waals surface area contributed by atoms with Gasteiger partial charge < -0.3 is 15.6 Å². The highest BCUT2D eigenvalue weighted by Crippen LogP contribution is 2.31. The highest BCUT2D eigenvalue weighted by Gasteiger charge is 2.21. The number of benzene rings is 3. The summed E-state index contributed by atoms with van der Waals surface area (Å²) < 4.78 is 0. The Hall–Kier alpha value is -3.07. The summed E-state index contributed by atoms with van der Waals surface area (Å²) in [4.78, 5) is 0. The summed E-state index contributed by atoms with van der Waals surface area (Å²) in [5.74, 6) is -0.633. The number of hydrogen-bond donors (Lipinski definition) is 3. The zero-order valence-corrected chi connectivity index (χ0v) is 12.5. The molecule has 0 aliphatic rings. The third-order valence-electron chi connectivity index (χ3n) is 3.84. The summed E-state index contributed by atoms with van der Waals surface area (Å²) >= 11 is 0. The van der Waals surface area contributed by atoms with Crippen molar-refractivity contribution in [2.45, 2.75) is 5.92 Å². The minimum Gasteiger partial charge on any atom is -0.504 e. The number of phenolic OH excluding ortho intramolecular Hbond substituents is 2. The smallest absolute Gasteiger partial charge is 0.158 e. The first-order valence-electron chi connectivity index (χ1n) is 7.37. The van der Waals surface area contributed by atoms with E-state index in [1.165, 1.54) is 12.1 Å². The summed E-state index contributed by atoms with van der Waals surface area (Å²) in [7, 11) is 0. The normalized spacial score (nSPS) is 10.7. The van der Waals surface area contributed by atoms with E-state index in [9.17, 15) is 10.2 Å². The lowest BCUT2D eigenvalue weighted by Crippen LogP contribution is -2.14. The molecule has 0 saturated carbocycles. The van der Waals surface area contributed by atoms with E-state index in [4.69, 9.17) is 5.41 Å². The Balaban J connectivity index is 2.08. The molecule has 0 heterocycles. The van der Waals surface area contributed by atoms with Crippen LogP contribution in [0.2, 0.25) is 0 Å². The Kier molecular flexibility index (Phi) is 4.11. The molecule has 3 nitrogen and oxygen atoms in total. The van der Waals surface area contributed by atoms with E-state index in [2.05, 4.69) is 0 Å². The summed E-state index contributed by atoms with van der Waals surface area (Å²) in [5, 5.41) is 27.8. The van der Waals surface area contributed by atoms with Crippen molar-refractivity contribution in [3.8, 4) is 11.5 Å². The fraction of sp³-hybridized carbons (Fsp3) is 0.0500. The standard InChI is InChI=1S/C20H17NO2/c21-20(16-11-12-17(22)18(23)13-16)19(14-7-3-1-4-8-14)15-9-5-2-6-10-15/h1-13,19,21-23H. The minimum absolute atomic E-state index is 0.183. The van der Waals surface area contributed by atoms with Gasteiger partial charge in [0.15, 0.2) is 11.5 Å². The maximum atomic E-state index is 9.73. The van der Waals surface area contributed by atoms with Crippen molar-refractivity contribution >= 4 is 5.71 Å². The number of rotatable bonds is 4. The van der Waals surface area contributed by atoms with Gasteiger partial charge in [0, 0.05) is 5.56 Å². The summed E-state index contributed by atoms with van der Waals surface area (Å²) in [6.45, 7) is 0. The van der Waals surface area contributed by atoms with Gasteiger partial charge in [-0.15, -0.1) is 0 Å². The van der Waals surface area contributed by atoms with E-state index in [0.717, 1.165) is 11.1 Å². The van der Waals surface area contributed by atoms with Gasteiger partial charge in [-0.2, -0.15) is 0 Å². The Morgan fingerprint density at radius 3 is 1.70 bits per heavy atom. The lowest BCUT2D eigenvalue weighted by molar-refractivity contribution is 0.403. The highest BCUT2D eigenvalue weighted by molar-refractivity contribution is 6.05. The monoisotopic (exact) mass is 303 g/mol. The molecule has 0 bridgehead atoms. The maximum absolute atomic E-state index is 9.73. The first kappa shape index (κ1) is 14.9. The molecular weight excluding hydrogens is 286 g/mol. The van der Waals surface area contributed by atoms with E-state index in [-0.39, 0.29) is 17.4 Å². The zero-order valence-electron chi connectivity index (χ0n) is 12.5. The largest absolute Gasteiger partial charge is 0.504 e. The van der Waals surface area contributed by atoms with Crippen LogP contribution < -0.4 is 0 Å². The first-order valence-corrected chi connectivity index (χ1v) is 7.37. The molecule has 0 aliphatic carbocycles. The average Bonchev–Trinajstić information content (AvgIpc) is 2.59. The van der Waals surface area contributed by atoms with Crippen molar-refractivity contribution in [1.82, 2.24) is 0 Å². The van der Waals surface area contributed by atoms with Gasteiger partial charge in [0.25, 0.3) is 0 Å². The third-order valence-corrected chi connectivity index (χ3v) is 3.84. The van der Waals surface area contributed by atoms with Crippen LogP contribution in [0.4, 0.5) is 0 Å². The second-order valence-corrected chi connectivity index (χ2v) is 5.37. The fourth-order valence-corrected chi connectivity index (χ4v) is 2.67. The predicted molar refractivity (Wildman–Crippen MR) is 91.3 cm³/mol. The molecule has 0 atom stereocenters. The van der Waals surface area contributed by atoms with E-state index < -0.39 is 0 Å². The number of aromatic hydroxyl groups is 2. The van der Waals surface area contributed by atoms with Crippen LogP contribution in [0.3, 0.4) is 0 Å². The van der Waals surface area contributed by atoms with Gasteiger partial charge in [-0.25, -0.2) is 0 Å². The Morgan fingerprint density at radius 2 is 1.22 bits per heavy atom. The average molecular weight is 303 g/mol. The quantitative estimate of drug-likeness (QED) is 0.497. The van der Waals surface area contributed by atoms with Crippen molar-refractivity contribution in [3.05, 3.63) is 95.6 Å². The maximum Gasteiger partial charge on any atom is 0.158 e. The van der Waals surface area contributed by atoms with Gasteiger partial charge >= 0.3 is 0 Å². The molecule has 0 amide bonds. The van der Waals surface area contributed by atoms with Gasteiger partial charge in [-0.1, -0.05) is 60.7 Å². The molecule has 0 spiro atoms. The van der Waals surface area contributed by atoms with E-state index in [0.29, 0.717) is 11.3 Å². The second-order valence-electron chi connectivity index (χ2n) is 5.37. The van der Waals surface area contributed by atoms with Crippen LogP contribution in [0.1, 0.15) is 22.6 Å². The van der Waals surface area contributed by atoms with Gasteiger partial charge in [-0.3, -0.25) is 0 Å². The van der Waals surface area contributed by atoms with Crippen LogP contribution in [-0.2, 0) is 0 Å². The van der Waals surface area contributed by atoms with Crippen LogP contribution in [0.15, 0.2) is 78.9 Å². The van der Waals surface area contributed by atoms with Crippen molar-refractivity contribution in [3.63, 3.8) is 0 Å². The summed E-state index contributed by atoms with van der Waals surface area (Å²) in [6.07, 6.45) is 0. The molecule has 3 heteroatoms. The van der Waals surface area contributed by atoms with E-state index in [1.807, 2.05) is 60.7 Å². The van der Waals surface area contributed by atoms with Gasteiger partial charge in [0.1, 0.15) is 0 Å². The van der Waals surface area contributed by atoms with Crippen LogP contribution in [0.25, 0.3) is 0 Å². The molecule has 3 rings (SSSR count). The van der Waals surface area contributed by atoms with E-state index in [1.54, 1.807) is 6.07 Å². The third kappa shape index (κ3) is 3.09. The van der Waals surface area contributed by atoms with Crippen molar-refractivity contribution < 1.29 is 10.2 Å². The summed E-state index contributed by atoms with van der Waals surface area (Å²) in [6, 6.07) is 24.2. The van der Waals surface area contributed by atoms with Crippen molar-refractivity contribution in [2.24, 2.45) is 0 Å². The Morgan fingerprint density at radius 1 is 0.696 bits per heavy atom. The molecule has 0 fully saturated rings. The molecule has 3 N–H and O–H groups in total. The molecular formula is C20H17NO2. The van der Waals surface area contributed by atoms with Crippen LogP contribution in [0.5, 0.6) is 11.5 Å². The highest BCUT2D eigenvalue weighted by atomic mass is 16.3. The number of phenols is 2. The molecule has 0 aromatic heterocycles. The SMILES string of the molecule is N=C(c1ccc(O)c(O)c1)C(c1ccccc1)c1ccccc1. The van der Waals surface area contributed by atoms with Crippen molar-refractivity contribution in [2.75, 3.05) is 0 Å². The first-order chi connectivity index (χ1) is 11.2. The lowest BCUT2D eigenvalue weighted by Gasteiger charge is -2.20. The fourth-order valence-electron chi connectivity index (χ4n) is 2.67. The molecule has 23 heavy (non-hydrogen) atoms. The topological polar surface area (TPSA) is 64.3 Å². The molecule has 0 unspecified atom stereocenters. The Labute approximate surface area is 135 Å². The predicted octanol–water partition coefficient (Wildman–Crippen LogP) is 4.30. The molecule has 3 aromatic carbocycles. The molecule has 0 radical (unpaired) electrons. The van der Waals surface area contributed by atoms with Gasteiger partial charge in [0.2, 0.25) is 0 Å². The minimum atomic E-state index is -0.235. The van der Waals surface area contributed by atoms with Gasteiger partial charge in [-0.05, 0) is 29.3 Å².